The number of aliphatic carboxylic acids is 1. The lowest BCUT2D eigenvalue weighted by molar-refractivity contribution is -0.145. The molecule has 0 spiro atoms. The van der Waals surface area contributed by atoms with Crippen molar-refractivity contribution in [1.29, 1.82) is 0 Å². The van der Waals surface area contributed by atoms with Crippen LogP contribution >= 0.6 is 0 Å². The SMILES string of the molecule is COc1cc(C(C)C)cc(C2(C(=O)O)CCCCC2)c1O. The van der Waals surface area contributed by atoms with E-state index in [-0.39, 0.29) is 11.7 Å². The number of phenolic OH excluding ortho intramolecular Hbond substituents is 1. The number of rotatable bonds is 4. The molecule has 0 heterocycles. The van der Waals surface area contributed by atoms with Crippen LogP contribution in [0, 0.1) is 0 Å². The third kappa shape index (κ3) is 2.71. The van der Waals surface area contributed by atoms with Gasteiger partial charge in [-0.2, -0.15) is 0 Å². The minimum atomic E-state index is -0.986. The van der Waals surface area contributed by atoms with Gasteiger partial charge in [0.05, 0.1) is 12.5 Å². The highest BCUT2D eigenvalue weighted by atomic mass is 16.5. The van der Waals surface area contributed by atoms with E-state index in [1.54, 1.807) is 6.07 Å². The van der Waals surface area contributed by atoms with E-state index < -0.39 is 11.4 Å². The number of carboxylic acids is 1. The molecule has 2 N–H and O–H groups in total. The highest BCUT2D eigenvalue weighted by molar-refractivity contribution is 5.83. The molecule has 1 fully saturated rings. The zero-order valence-electron chi connectivity index (χ0n) is 13.0. The lowest BCUT2D eigenvalue weighted by Crippen LogP contribution is -2.38. The van der Waals surface area contributed by atoms with Gasteiger partial charge in [0.1, 0.15) is 0 Å². The van der Waals surface area contributed by atoms with Crippen LogP contribution < -0.4 is 4.74 Å². The van der Waals surface area contributed by atoms with E-state index >= 15 is 0 Å². The molecule has 0 atom stereocenters. The Kier molecular flexibility index (Phi) is 4.45. The van der Waals surface area contributed by atoms with Crippen LogP contribution in [0.3, 0.4) is 0 Å². The smallest absolute Gasteiger partial charge is 0.314 e. The Morgan fingerprint density at radius 1 is 1.24 bits per heavy atom. The van der Waals surface area contributed by atoms with E-state index in [1.807, 2.05) is 19.9 Å². The number of carbonyl (C=O) groups is 1. The van der Waals surface area contributed by atoms with E-state index in [0.717, 1.165) is 24.8 Å². The summed E-state index contributed by atoms with van der Waals surface area (Å²) in [5.74, 6) is -0.262. The van der Waals surface area contributed by atoms with Crippen molar-refractivity contribution in [3.8, 4) is 11.5 Å². The second-order valence-corrected chi connectivity index (χ2v) is 6.22. The molecule has 0 radical (unpaired) electrons. The van der Waals surface area contributed by atoms with Crippen molar-refractivity contribution in [1.82, 2.24) is 0 Å². The molecule has 4 nitrogen and oxygen atoms in total. The predicted octanol–water partition coefficient (Wildman–Crippen LogP) is 3.81. The topological polar surface area (TPSA) is 66.8 Å². The lowest BCUT2D eigenvalue weighted by atomic mass is 9.68. The van der Waals surface area contributed by atoms with Gasteiger partial charge in [-0.05, 0) is 30.4 Å². The maximum atomic E-state index is 12.0. The number of methoxy groups -OCH3 is 1. The van der Waals surface area contributed by atoms with Gasteiger partial charge in [-0.3, -0.25) is 4.79 Å². The maximum Gasteiger partial charge on any atom is 0.314 e. The monoisotopic (exact) mass is 292 g/mol. The number of hydrogen-bond acceptors (Lipinski definition) is 3. The quantitative estimate of drug-likeness (QED) is 0.885. The second-order valence-electron chi connectivity index (χ2n) is 6.22. The van der Waals surface area contributed by atoms with Gasteiger partial charge in [-0.1, -0.05) is 39.2 Å². The summed E-state index contributed by atoms with van der Waals surface area (Å²) in [4.78, 5) is 12.0. The fraction of sp³-hybridized carbons (Fsp3) is 0.588. The van der Waals surface area contributed by atoms with Crippen molar-refractivity contribution < 1.29 is 19.7 Å². The summed E-state index contributed by atoms with van der Waals surface area (Å²) in [5, 5.41) is 20.3. The average Bonchev–Trinajstić information content (AvgIpc) is 2.47. The van der Waals surface area contributed by atoms with Crippen LogP contribution in [0.4, 0.5) is 0 Å². The summed E-state index contributed by atoms with van der Waals surface area (Å²) < 4.78 is 5.25. The Morgan fingerprint density at radius 2 is 1.86 bits per heavy atom. The van der Waals surface area contributed by atoms with E-state index in [9.17, 15) is 15.0 Å². The Bertz CT molecular complexity index is 528. The minimum absolute atomic E-state index is 0.0220. The third-order valence-corrected chi connectivity index (χ3v) is 4.62. The largest absolute Gasteiger partial charge is 0.504 e. The summed E-state index contributed by atoms with van der Waals surface area (Å²) in [6, 6.07) is 3.64. The summed E-state index contributed by atoms with van der Waals surface area (Å²) in [6.45, 7) is 4.09. The molecule has 0 unspecified atom stereocenters. The van der Waals surface area contributed by atoms with Crippen LogP contribution in [0.1, 0.15) is 63.0 Å². The van der Waals surface area contributed by atoms with Gasteiger partial charge in [0.25, 0.3) is 0 Å². The summed E-state index contributed by atoms with van der Waals surface area (Å²) in [5.41, 5.74) is 0.518. The fourth-order valence-corrected chi connectivity index (χ4v) is 3.24. The molecule has 0 saturated heterocycles. The molecular formula is C17H24O4. The van der Waals surface area contributed by atoms with E-state index in [0.29, 0.717) is 24.2 Å². The Hall–Kier alpha value is -1.71. The molecule has 1 saturated carbocycles. The highest BCUT2D eigenvalue weighted by Crippen LogP contribution is 2.47. The first-order valence-corrected chi connectivity index (χ1v) is 7.57. The van der Waals surface area contributed by atoms with Gasteiger partial charge in [0.2, 0.25) is 0 Å². The predicted molar refractivity (Wildman–Crippen MR) is 81.1 cm³/mol. The van der Waals surface area contributed by atoms with Gasteiger partial charge in [-0.25, -0.2) is 0 Å². The van der Waals surface area contributed by atoms with Crippen LogP contribution in [-0.2, 0) is 10.2 Å². The van der Waals surface area contributed by atoms with Gasteiger partial charge >= 0.3 is 5.97 Å². The number of benzene rings is 1. The first-order chi connectivity index (χ1) is 9.92. The highest BCUT2D eigenvalue weighted by Gasteiger charge is 2.44. The average molecular weight is 292 g/mol. The van der Waals surface area contributed by atoms with Crippen molar-refractivity contribution in [2.75, 3.05) is 7.11 Å². The van der Waals surface area contributed by atoms with Gasteiger partial charge < -0.3 is 14.9 Å². The van der Waals surface area contributed by atoms with Crippen LogP contribution in [0.5, 0.6) is 11.5 Å². The molecule has 21 heavy (non-hydrogen) atoms. The molecule has 1 aromatic rings. The summed E-state index contributed by atoms with van der Waals surface area (Å²) >= 11 is 0. The van der Waals surface area contributed by atoms with E-state index in [4.69, 9.17) is 4.74 Å². The van der Waals surface area contributed by atoms with E-state index in [1.165, 1.54) is 7.11 Å². The molecule has 4 heteroatoms. The number of phenols is 1. The lowest BCUT2D eigenvalue weighted by Gasteiger charge is -2.34. The number of aromatic hydroxyl groups is 1. The van der Waals surface area contributed by atoms with Crippen LogP contribution in [0.2, 0.25) is 0 Å². The Balaban J connectivity index is 2.64. The zero-order chi connectivity index (χ0) is 15.6. The first-order valence-electron chi connectivity index (χ1n) is 7.57. The molecule has 2 rings (SSSR count). The van der Waals surface area contributed by atoms with Crippen molar-refractivity contribution in [2.24, 2.45) is 0 Å². The van der Waals surface area contributed by atoms with Crippen molar-refractivity contribution in [2.45, 2.75) is 57.3 Å². The van der Waals surface area contributed by atoms with Crippen LogP contribution in [0.25, 0.3) is 0 Å². The summed E-state index contributed by atoms with van der Waals surface area (Å²) in [7, 11) is 1.50. The minimum Gasteiger partial charge on any atom is -0.504 e. The van der Waals surface area contributed by atoms with Gasteiger partial charge in [0, 0.05) is 5.56 Å². The molecular weight excluding hydrogens is 268 g/mol. The zero-order valence-corrected chi connectivity index (χ0v) is 13.0. The van der Waals surface area contributed by atoms with Crippen molar-refractivity contribution in [3.63, 3.8) is 0 Å². The third-order valence-electron chi connectivity index (χ3n) is 4.62. The fourth-order valence-electron chi connectivity index (χ4n) is 3.24. The van der Waals surface area contributed by atoms with Crippen LogP contribution in [0.15, 0.2) is 12.1 Å². The van der Waals surface area contributed by atoms with Crippen LogP contribution in [-0.4, -0.2) is 23.3 Å². The second kappa shape index (κ2) is 5.96. The Morgan fingerprint density at radius 3 is 2.33 bits per heavy atom. The molecule has 1 aromatic carbocycles. The number of carboxylic acid groups (broad SMARTS) is 1. The Labute approximate surface area is 125 Å². The summed E-state index contributed by atoms with van der Waals surface area (Å²) in [6.07, 6.45) is 3.94. The molecule has 1 aliphatic rings. The maximum absolute atomic E-state index is 12.0. The molecule has 0 aliphatic heterocycles. The normalized spacial score (nSPS) is 17.7. The number of hydrogen-bond donors (Lipinski definition) is 2. The molecule has 0 amide bonds. The molecule has 116 valence electrons. The first kappa shape index (κ1) is 15.7. The molecule has 1 aliphatic carbocycles. The van der Waals surface area contributed by atoms with E-state index in [2.05, 4.69) is 0 Å². The molecule has 0 aromatic heterocycles. The number of ether oxygens (including phenoxy) is 1. The van der Waals surface area contributed by atoms with Crippen molar-refractivity contribution in [3.05, 3.63) is 23.3 Å². The molecule has 0 bridgehead atoms. The van der Waals surface area contributed by atoms with Gasteiger partial charge in [0.15, 0.2) is 11.5 Å². The standard InChI is InChI=1S/C17H24O4/c1-11(2)12-9-13(15(18)14(10-12)21-3)17(16(19)20)7-5-4-6-8-17/h9-11,18H,4-8H2,1-3H3,(H,19,20). The van der Waals surface area contributed by atoms with Crippen molar-refractivity contribution >= 4 is 5.97 Å². The van der Waals surface area contributed by atoms with Gasteiger partial charge in [-0.15, -0.1) is 0 Å².